The number of benzene rings is 2. The summed E-state index contributed by atoms with van der Waals surface area (Å²) in [6.07, 6.45) is 0.492. The Balaban J connectivity index is 1.59. The molecule has 0 atom stereocenters. The smallest absolute Gasteiger partial charge is 0.227 e. The van der Waals surface area contributed by atoms with Crippen LogP contribution in [0.5, 0.6) is 0 Å². The highest BCUT2D eigenvalue weighted by atomic mass is 19.1. The van der Waals surface area contributed by atoms with Crippen molar-refractivity contribution in [1.82, 2.24) is 10.1 Å². The molecule has 122 valence electrons. The van der Waals surface area contributed by atoms with Gasteiger partial charge >= 0.3 is 0 Å². The minimum absolute atomic E-state index is 0.147. The van der Waals surface area contributed by atoms with Crippen molar-refractivity contribution in [1.29, 1.82) is 0 Å². The van der Waals surface area contributed by atoms with Crippen molar-refractivity contribution >= 4 is 11.6 Å². The highest BCUT2D eigenvalue weighted by Gasteiger charge is 2.13. The van der Waals surface area contributed by atoms with Crippen LogP contribution in [0.3, 0.4) is 0 Å². The quantitative estimate of drug-likeness (QED) is 0.775. The molecule has 3 aromatic rings. The van der Waals surface area contributed by atoms with Gasteiger partial charge in [0.2, 0.25) is 17.6 Å². The summed E-state index contributed by atoms with van der Waals surface area (Å²) in [7, 11) is 0. The van der Waals surface area contributed by atoms with E-state index in [-0.39, 0.29) is 23.7 Å². The van der Waals surface area contributed by atoms with E-state index in [0.717, 1.165) is 11.3 Å². The molecule has 0 aliphatic heterocycles. The molecule has 3 rings (SSSR count). The maximum Gasteiger partial charge on any atom is 0.227 e. The summed E-state index contributed by atoms with van der Waals surface area (Å²) in [6, 6.07) is 13.8. The normalized spacial score (nSPS) is 10.6. The maximum atomic E-state index is 13.7. The molecule has 0 unspecified atom stereocenters. The first kappa shape index (κ1) is 15.9. The van der Waals surface area contributed by atoms with Crippen molar-refractivity contribution in [3.05, 3.63) is 65.8 Å². The van der Waals surface area contributed by atoms with Crippen LogP contribution in [0, 0.1) is 12.7 Å². The topological polar surface area (TPSA) is 68.0 Å². The molecule has 1 aromatic heterocycles. The molecule has 0 radical (unpaired) electrons. The highest BCUT2D eigenvalue weighted by Crippen LogP contribution is 2.19. The van der Waals surface area contributed by atoms with Crippen LogP contribution in [-0.2, 0) is 11.2 Å². The van der Waals surface area contributed by atoms with Gasteiger partial charge in [-0.05, 0) is 36.8 Å². The first-order valence-corrected chi connectivity index (χ1v) is 7.56. The van der Waals surface area contributed by atoms with Crippen molar-refractivity contribution in [3.8, 4) is 11.4 Å². The van der Waals surface area contributed by atoms with Crippen LogP contribution < -0.4 is 5.32 Å². The number of halogens is 1. The molecule has 1 amide bonds. The third-order valence-electron chi connectivity index (χ3n) is 3.45. The molecule has 6 heteroatoms. The molecular formula is C18H16FN3O2. The van der Waals surface area contributed by atoms with Crippen molar-refractivity contribution in [2.45, 2.75) is 19.8 Å². The van der Waals surface area contributed by atoms with Gasteiger partial charge in [-0.25, -0.2) is 4.39 Å². The molecule has 0 bridgehead atoms. The number of nitrogens with zero attached hydrogens (tertiary/aromatic N) is 2. The van der Waals surface area contributed by atoms with E-state index < -0.39 is 5.82 Å². The molecule has 0 spiro atoms. The lowest BCUT2D eigenvalue weighted by Crippen LogP contribution is -2.12. The van der Waals surface area contributed by atoms with E-state index in [2.05, 4.69) is 15.5 Å². The van der Waals surface area contributed by atoms with E-state index in [0.29, 0.717) is 12.3 Å². The van der Waals surface area contributed by atoms with Crippen molar-refractivity contribution in [3.63, 3.8) is 0 Å². The van der Waals surface area contributed by atoms with Crippen LogP contribution in [0.4, 0.5) is 10.1 Å². The summed E-state index contributed by atoms with van der Waals surface area (Å²) in [4.78, 5) is 16.1. The number of amides is 1. The fourth-order valence-corrected chi connectivity index (χ4v) is 2.28. The zero-order chi connectivity index (χ0) is 16.9. The van der Waals surface area contributed by atoms with Gasteiger partial charge in [-0.1, -0.05) is 29.4 Å². The maximum absolute atomic E-state index is 13.7. The molecule has 0 saturated heterocycles. The minimum atomic E-state index is -0.415. The average molecular weight is 325 g/mol. The Kier molecular flexibility index (Phi) is 4.65. The van der Waals surface area contributed by atoms with Crippen molar-refractivity contribution in [2.24, 2.45) is 0 Å². The molecule has 24 heavy (non-hydrogen) atoms. The van der Waals surface area contributed by atoms with Crippen LogP contribution >= 0.6 is 0 Å². The number of aromatic nitrogens is 2. The van der Waals surface area contributed by atoms with Gasteiger partial charge in [-0.15, -0.1) is 0 Å². The number of hydrogen-bond donors (Lipinski definition) is 1. The molecule has 0 saturated carbocycles. The second-order valence-electron chi connectivity index (χ2n) is 5.41. The average Bonchev–Trinajstić information content (AvgIpc) is 3.02. The Labute approximate surface area is 138 Å². The van der Waals surface area contributed by atoms with E-state index in [1.807, 2.05) is 31.2 Å². The largest absolute Gasteiger partial charge is 0.339 e. The van der Waals surface area contributed by atoms with Gasteiger partial charge in [-0.3, -0.25) is 4.79 Å². The predicted octanol–water partition coefficient (Wildman–Crippen LogP) is 3.76. The summed E-state index contributed by atoms with van der Waals surface area (Å²) in [5, 5.41) is 6.57. The fraction of sp³-hybridized carbons (Fsp3) is 0.167. The van der Waals surface area contributed by atoms with Crippen LogP contribution in [0.25, 0.3) is 11.4 Å². The monoisotopic (exact) mass is 325 g/mol. The van der Waals surface area contributed by atoms with E-state index in [1.165, 1.54) is 6.07 Å². The Morgan fingerprint density at radius 3 is 2.83 bits per heavy atom. The molecule has 5 nitrogen and oxygen atoms in total. The first-order chi connectivity index (χ1) is 11.6. The fourth-order valence-electron chi connectivity index (χ4n) is 2.28. The van der Waals surface area contributed by atoms with Gasteiger partial charge in [-0.2, -0.15) is 4.98 Å². The molecule has 2 aromatic carbocycles. The zero-order valence-corrected chi connectivity index (χ0v) is 13.1. The third kappa shape index (κ3) is 3.84. The molecular weight excluding hydrogens is 309 g/mol. The van der Waals surface area contributed by atoms with E-state index in [1.54, 1.807) is 18.2 Å². The van der Waals surface area contributed by atoms with Crippen LogP contribution in [0.15, 0.2) is 53.1 Å². The van der Waals surface area contributed by atoms with Crippen LogP contribution in [0.1, 0.15) is 17.9 Å². The van der Waals surface area contributed by atoms with Gasteiger partial charge < -0.3 is 9.84 Å². The standard InChI is InChI=1S/C18H16FN3O2/c1-12-5-4-6-13(11-12)20-16(23)9-10-17-21-18(22-24-17)14-7-2-3-8-15(14)19/h2-8,11H,9-10H2,1H3,(H,20,23). The second-order valence-corrected chi connectivity index (χ2v) is 5.41. The van der Waals surface area contributed by atoms with Crippen molar-refractivity contribution < 1.29 is 13.7 Å². The van der Waals surface area contributed by atoms with Gasteiger partial charge in [0.1, 0.15) is 5.82 Å². The van der Waals surface area contributed by atoms with Gasteiger partial charge in [0, 0.05) is 18.5 Å². The molecule has 0 aliphatic carbocycles. The number of anilines is 1. The second kappa shape index (κ2) is 7.04. The number of carbonyl (C=O) groups excluding carboxylic acids is 1. The van der Waals surface area contributed by atoms with E-state index in [4.69, 9.17) is 4.52 Å². The summed E-state index contributed by atoms with van der Waals surface area (Å²) >= 11 is 0. The summed E-state index contributed by atoms with van der Waals surface area (Å²) in [6.45, 7) is 1.96. The van der Waals surface area contributed by atoms with Gasteiger partial charge in [0.15, 0.2) is 0 Å². The number of carbonyl (C=O) groups is 1. The Bertz CT molecular complexity index is 861. The number of aryl methyl sites for hydroxylation is 2. The summed E-state index contributed by atoms with van der Waals surface area (Å²) in [5.41, 5.74) is 2.09. The van der Waals surface area contributed by atoms with E-state index >= 15 is 0 Å². The SMILES string of the molecule is Cc1cccc(NC(=O)CCc2nc(-c3ccccc3F)no2)c1. The lowest BCUT2D eigenvalue weighted by Gasteiger charge is -2.04. The number of hydrogen-bond acceptors (Lipinski definition) is 4. The van der Waals surface area contributed by atoms with Gasteiger partial charge in [0.25, 0.3) is 0 Å². The third-order valence-corrected chi connectivity index (χ3v) is 3.45. The molecule has 0 aliphatic rings. The zero-order valence-electron chi connectivity index (χ0n) is 13.1. The number of nitrogens with one attached hydrogen (secondary N) is 1. The van der Waals surface area contributed by atoms with Crippen LogP contribution in [-0.4, -0.2) is 16.0 Å². The van der Waals surface area contributed by atoms with Gasteiger partial charge in [0.05, 0.1) is 5.56 Å². The molecule has 1 heterocycles. The first-order valence-electron chi connectivity index (χ1n) is 7.56. The molecule has 0 fully saturated rings. The Morgan fingerprint density at radius 1 is 1.21 bits per heavy atom. The minimum Gasteiger partial charge on any atom is -0.339 e. The lowest BCUT2D eigenvalue weighted by atomic mass is 10.2. The van der Waals surface area contributed by atoms with Crippen LogP contribution in [0.2, 0.25) is 0 Å². The van der Waals surface area contributed by atoms with Crippen molar-refractivity contribution in [2.75, 3.05) is 5.32 Å². The summed E-state index contributed by atoms with van der Waals surface area (Å²) < 4.78 is 18.8. The van der Waals surface area contributed by atoms with E-state index in [9.17, 15) is 9.18 Å². The highest BCUT2D eigenvalue weighted by molar-refractivity contribution is 5.90. The predicted molar refractivity (Wildman–Crippen MR) is 87.8 cm³/mol. The molecule has 1 N–H and O–H groups in total. The summed E-state index contributed by atoms with van der Waals surface area (Å²) in [5.74, 6) is -0.0804. The Morgan fingerprint density at radius 2 is 2.04 bits per heavy atom. The Hall–Kier alpha value is -3.02. The number of rotatable bonds is 5. The lowest BCUT2D eigenvalue weighted by molar-refractivity contribution is -0.116.